The molecular weight excluding hydrogens is 410 g/mol. The highest BCUT2D eigenvalue weighted by molar-refractivity contribution is 7.17. The monoisotopic (exact) mass is 431 g/mol. The number of carbonyl (C=O) groups is 2. The summed E-state index contributed by atoms with van der Waals surface area (Å²) in [5.41, 5.74) is -0.130. The number of amides is 1. The molecule has 1 N–H and O–H groups in total. The van der Waals surface area contributed by atoms with Crippen molar-refractivity contribution in [2.75, 3.05) is 25.6 Å². The van der Waals surface area contributed by atoms with Gasteiger partial charge in [-0.3, -0.25) is 18.7 Å². The van der Waals surface area contributed by atoms with E-state index in [1.807, 2.05) is 0 Å². The Balaban J connectivity index is 1.93. The van der Waals surface area contributed by atoms with Crippen molar-refractivity contribution in [2.24, 2.45) is 0 Å². The lowest BCUT2D eigenvalue weighted by Crippen LogP contribution is -2.42. The quantitative estimate of drug-likeness (QED) is 0.544. The molecule has 2 aromatic heterocycles. The molecule has 0 radical (unpaired) electrons. The number of ether oxygens (including phenoxy) is 2. The van der Waals surface area contributed by atoms with Gasteiger partial charge in [0.1, 0.15) is 11.2 Å². The Morgan fingerprint density at radius 3 is 2.63 bits per heavy atom. The first-order valence-corrected chi connectivity index (χ1v) is 10.1. The fourth-order valence-corrected chi connectivity index (χ4v) is 3.82. The van der Waals surface area contributed by atoms with Crippen LogP contribution in [0.3, 0.4) is 0 Å². The maximum absolute atomic E-state index is 12.9. The number of para-hydroxylation sites is 1. The Bertz CT molecular complexity index is 1190. The molecule has 10 heteroatoms. The molecule has 1 amide bonds. The summed E-state index contributed by atoms with van der Waals surface area (Å²) in [6, 6.07) is 8.08. The van der Waals surface area contributed by atoms with Crippen molar-refractivity contribution in [3.05, 3.63) is 62.1 Å². The summed E-state index contributed by atoms with van der Waals surface area (Å²) in [5, 5.41) is 4.34. The fourth-order valence-electron chi connectivity index (χ4n) is 2.98. The maximum Gasteiger partial charge on any atom is 0.340 e. The summed E-state index contributed by atoms with van der Waals surface area (Å²) in [5.74, 6) is -1.07. The highest BCUT2D eigenvalue weighted by Gasteiger charge is 2.18. The van der Waals surface area contributed by atoms with Crippen molar-refractivity contribution < 1.29 is 19.1 Å². The second kappa shape index (κ2) is 9.51. The second-order valence-electron chi connectivity index (χ2n) is 6.27. The van der Waals surface area contributed by atoms with Crippen LogP contribution in [-0.4, -0.2) is 41.3 Å². The summed E-state index contributed by atoms with van der Waals surface area (Å²) in [6.07, 6.45) is 0. The lowest BCUT2D eigenvalue weighted by Gasteiger charge is -2.13. The molecule has 0 atom stereocenters. The number of carbonyl (C=O) groups excluding carboxylic acids is 2. The predicted octanol–water partition coefficient (Wildman–Crippen LogP) is 1.69. The van der Waals surface area contributed by atoms with Crippen LogP contribution in [0.2, 0.25) is 0 Å². The zero-order valence-corrected chi connectivity index (χ0v) is 17.4. The van der Waals surface area contributed by atoms with E-state index in [1.165, 1.54) is 23.0 Å². The number of nitrogens with zero attached hydrogens (tertiary/aromatic N) is 2. The minimum absolute atomic E-state index is 0.0787. The number of esters is 1. The molecule has 0 aliphatic carbocycles. The molecule has 158 valence electrons. The molecule has 9 nitrogen and oxygen atoms in total. The van der Waals surface area contributed by atoms with E-state index in [0.29, 0.717) is 10.2 Å². The van der Waals surface area contributed by atoms with Gasteiger partial charge in [0.2, 0.25) is 5.91 Å². The molecule has 0 unspecified atom stereocenters. The smallest absolute Gasteiger partial charge is 0.340 e. The number of fused-ring (bicyclic) bond motifs is 1. The number of nitrogens with one attached hydrogen (secondary N) is 1. The number of aromatic nitrogens is 2. The van der Waals surface area contributed by atoms with E-state index in [0.717, 1.165) is 4.57 Å². The van der Waals surface area contributed by atoms with E-state index in [-0.39, 0.29) is 37.6 Å². The molecule has 3 rings (SSSR count). The molecule has 0 spiro atoms. The zero-order chi connectivity index (χ0) is 21.7. The zero-order valence-electron chi connectivity index (χ0n) is 16.5. The van der Waals surface area contributed by atoms with Crippen LogP contribution in [0.15, 0.2) is 45.3 Å². The Morgan fingerprint density at radius 1 is 1.13 bits per heavy atom. The van der Waals surface area contributed by atoms with Gasteiger partial charge in [-0.2, -0.15) is 0 Å². The predicted molar refractivity (Wildman–Crippen MR) is 113 cm³/mol. The van der Waals surface area contributed by atoms with E-state index in [9.17, 15) is 19.2 Å². The minimum Gasteiger partial charge on any atom is -0.462 e. The van der Waals surface area contributed by atoms with Gasteiger partial charge in [-0.15, -0.1) is 11.3 Å². The standard InChI is InChI=1S/C20H21N3O6S/c1-3-29-19(26)13-6-4-5-7-14(13)21-16(24)12-23-15-8-11-30-17(15)18(25)22(20(23)27)9-10-28-2/h4-8,11H,3,9-10,12H2,1-2H3,(H,21,24). The number of rotatable bonds is 8. The topological polar surface area (TPSA) is 109 Å². The SMILES string of the molecule is CCOC(=O)c1ccccc1NC(=O)Cn1c(=O)n(CCOC)c(=O)c2sccc21. The lowest BCUT2D eigenvalue weighted by molar-refractivity contribution is -0.116. The van der Waals surface area contributed by atoms with E-state index in [4.69, 9.17) is 9.47 Å². The highest BCUT2D eigenvalue weighted by Crippen LogP contribution is 2.18. The van der Waals surface area contributed by atoms with Crippen molar-refractivity contribution in [1.29, 1.82) is 0 Å². The summed E-state index contributed by atoms with van der Waals surface area (Å²) in [7, 11) is 1.47. The van der Waals surface area contributed by atoms with Crippen LogP contribution < -0.4 is 16.6 Å². The number of hydrogen-bond acceptors (Lipinski definition) is 7. The average Bonchev–Trinajstić information content (AvgIpc) is 3.22. The lowest BCUT2D eigenvalue weighted by atomic mass is 10.2. The van der Waals surface area contributed by atoms with Crippen molar-refractivity contribution in [2.45, 2.75) is 20.0 Å². The second-order valence-corrected chi connectivity index (χ2v) is 7.18. The van der Waals surface area contributed by atoms with Gasteiger partial charge in [-0.25, -0.2) is 9.59 Å². The molecule has 0 aliphatic rings. The third-order valence-electron chi connectivity index (χ3n) is 4.35. The van der Waals surface area contributed by atoms with E-state index in [2.05, 4.69) is 5.32 Å². The van der Waals surface area contributed by atoms with Gasteiger partial charge in [0, 0.05) is 7.11 Å². The van der Waals surface area contributed by atoms with E-state index in [1.54, 1.807) is 42.6 Å². The molecule has 30 heavy (non-hydrogen) atoms. The molecule has 1 aromatic carbocycles. The normalized spacial score (nSPS) is 10.9. The van der Waals surface area contributed by atoms with Gasteiger partial charge in [0.25, 0.3) is 5.56 Å². The third-order valence-corrected chi connectivity index (χ3v) is 5.25. The average molecular weight is 431 g/mol. The van der Waals surface area contributed by atoms with Gasteiger partial charge < -0.3 is 14.8 Å². The Morgan fingerprint density at radius 2 is 1.90 bits per heavy atom. The van der Waals surface area contributed by atoms with E-state index < -0.39 is 23.1 Å². The maximum atomic E-state index is 12.9. The van der Waals surface area contributed by atoms with Crippen LogP contribution in [-0.2, 0) is 27.4 Å². The summed E-state index contributed by atoms with van der Waals surface area (Å²) in [4.78, 5) is 50.3. The third kappa shape index (κ3) is 4.34. The molecule has 0 bridgehead atoms. The Hall–Kier alpha value is -3.24. The summed E-state index contributed by atoms with van der Waals surface area (Å²) in [6.45, 7) is 1.84. The summed E-state index contributed by atoms with van der Waals surface area (Å²) >= 11 is 1.20. The van der Waals surface area contributed by atoms with Gasteiger partial charge in [0.15, 0.2) is 0 Å². The molecular formula is C20H21N3O6S. The number of hydrogen-bond donors (Lipinski definition) is 1. The largest absolute Gasteiger partial charge is 0.462 e. The van der Waals surface area contributed by atoms with Crippen molar-refractivity contribution in [3.8, 4) is 0 Å². The van der Waals surface area contributed by atoms with E-state index >= 15 is 0 Å². The summed E-state index contributed by atoms with van der Waals surface area (Å²) < 4.78 is 12.7. The first kappa shape index (κ1) is 21.5. The first-order valence-electron chi connectivity index (χ1n) is 9.23. The Kier molecular flexibility index (Phi) is 6.80. The highest BCUT2D eigenvalue weighted by atomic mass is 32.1. The number of benzene rings is 1. The number of anilines is 1. The fraction of sp³-hybridized carbons (Fsp3) is 0.300. The molecule has 0 saturated heterocycles. The molecule has 3 aromatic rings. The van der Waals surface area contributed by atoms with Gasteiger partial charge >= 0.3 is 11.7 Å². The van der Waals surface area contributed by atoms with Crippen LogP contribution in [0.5, 0.6) is 0 Å². The Labute approximate surface area is 175 Å². The van der Waals surface area contributed by atoms with Crippen molar-refractivity contribution >= 4 is 39.1 Å². The van der Waals surface area contributed by atoms with Gasteiger partial charge in [-0.1, -0.05) is 12.1 Å². The van der Waals surface area contributed by atoms with Crippen LogP contribution in [0.25, 0.3) is 10.2 Å². The molecule has 0 saturated carbocycles. The first-order chi connectivity index (χ1) is 14.5. The van der Waals surface area contributed by atoms with Crippen molar-refractivity contribution in [1.82, 2.24) is 9.13 Å². The van der Waals surface area contributed by atoms with Gasteiger partial charge in [0.05, 0.1) is 36.5 Å². The van der Waals surface area contributed by atoms with Crippen LogP contribution >= 0.6 is 11.3 Å². The molecule has 2 heterocycles. The van der Waals surface area contributed by atoms with Crippen molar-refractivity contribution in [3.63, 3.8) is 0 Å². The van der Waals surface area contributed by atoms with Crippen LogP contribution in [0.1, 0.15) is 17.3 Å². The molecule has 0 aliphatic heterocycles. The minimum atomic E-state index is -0.600. The van der Waals surface area contributed by atoms with Crippen LogP contribution in [0, 0.1) is 0 Å². The van der Waals surface area contributed by atoms with Crippen LogP contribution in [0.4, 0.5) is 5.69 Å². The molecule has 0 fully saturated rings. The van der Waals surface area contributed by atoms with Gasteiger partial charge in [-0.05, 0) is 30.5 Å². The number of methoxy groups -OCH3 is 1. The number of thiophene rings is 1.